The van der Waals surface area contributed by atoms with E-state index in [2.05, 4.69) is 9.97 Å². The first-order valence-electron chi connectivity index (χ1n) is 5.45. The lowest BCUT2D eigenvalue weighted by Crippen LogP contribution is -2.01. The van der Waals surface area contributed by atoms with Crippen molar-refractivity contribution in [2.45, 2.75) is 20.4 Å². The molecule has 0 bridgehead atoms. The van der Waals surface area contributed by atoms with E-state index in [1.165, 1.54) is 0 Å². The van der Waals surface area contributed by atoms with Crippen LogP contribution in [0.1, 0.15) is 17.0 Å². The first-order valence-corrected chi connectivity index (χ1v) is 5.45. The van der Waals surface area contributed by atoms with E-state index in [9.17, 15) is 0 Å². The zero-order chi connectivity index (χ0) is 12.3. The van der Waals surface area contributed by atoms with Gasteiger partial charge in [-0.1, -0.05) is 0 Å². The fourth-order valence-corrected chi connectivity index (χ4v) is 1.45. The molecule has 17 heavy (non-hydrogen) atoms. The van der Waals surface area contributed by atoms with E-state index in [0.717, 1.165) is 22.7 Å². The highest BCUT2D eigenvalue weighted by molar-refractivity contribution is 5.36. The Labute approximate surface area is 100 Å². The summed E-state index contributed by atoms with van der Waals surface area (Å²) in [5, 5.41) is 0. The Hall–Kier alpha value is -1.94. The summed E-state index contributed by atoms with van der Waals surface area (Å²) in [5.41, 5.74) is 8.39. The number of rotatable bonds is 3. The quantitative estimate of drug-likeness (QED) is 0.877. The largest absolute Gasteiger partial charge is 0.455 e. The van der Waals surface area contributed by atoms with Gasteiger partial charge < -0.3 is 10.5 Å². The molecule has 0 saturated heterocycles. The van der Waals surface area contributed by atoms with E-state index in [-0.39, 0.29) is 0 Å². The number of aryl methyl sites for hydroxylation is 2. The summed E-state index contributed by atoms with van der Waals surface area (Å²) >= 11 is 0. The molecule has 0 aliphatic rings. The molecule has 0 aromatic carbocycles. The van der Waals surface area contributed by atoms with Crippen molar-refractivity contribution in [2.75, 3.05) is 0 Å². The number of hydrogen-bond acceptors (Lipinski definition) is 4. The van der Waals surface area contributed by atoms with Gasteiger partial charge in [0.25, 0.3) is 0 Å². The van der Waals surface area contributed by atoms with Crippen LogP contribution in [-0.2, 0) is 6.54 Å². The SMILES string of the molecule is Cc1ccc(Oc2cc(C)ncc2CN)cn1. The van der Waals surface area contributed by atoms with Gasteiger partial charge in [-0.05, 0) is 26.0 Å². The Kier molecular flexibility index (Phi) is 3.35. The fourth-order valence-electron chi connectivity index (χ4n) is 1.45. The lowest BCUT2D eigenvalue weighted by Gasteiger charge is -2.10. The summed E-state index contributed by atoms with van der Waals surface area (Å²) in [6, 6.07) is 5.67. The van der Waals surface area contributed by atoms with Gasteiger partial charge in [0.15, 0.2) is 0 Å². The second kappa shape index (κ2) is 4.93. The van der Waals surface area contributed by atoms with Gasteiger partial charge in [-0.25, -0.2) is 0 Å². The monoisotopic (exact) mass is 229 g/mol. The zero-order valence-corrected chi connectivity index (χ0v) is 9.97. The molecule has 2 rings (SSSR count). The van der Waals surface area contributed by atoms with E-state index in [4.69, 9.17) is 10.5 Å². The van der Waals surface area contributed by atoms with Crippen LogP contribution in [0, 0.1) is 13.8 Å². The third kappa shape index (κ3) is 2.79. The Morgan fingerprint density at radius 2 is 1.88 bits per heavy atom. The minimum atomic E-state index is 0.405. The van der Waals surface area contributed by atoms with Gasteiger partial charge in [0.1, 0.15) is 11.5 Å². The molecule has 2 heterocycles. The third-order valence-electron chi connectivity index (χ3n) is 2.41. The summed E-state index contributed by atoms with van der Waals surface area (Å²) in [7, 11) is 0. The van der Waals surface area contributed by atoms with Crippen LogP contribution in [0.2, 0.25) is 0 Å². The molecule has 0 spiro atoms. The van der Waals surface area contributed by atoms with Crippen LogP contribution in [0.3, 0.4) is 0 Å². The van der Waals surface area contributed by atoms with Crippen LogP contribution in [0.25, 0.3) is 0 Å². The van der Waals surface area contributed by atoms with Crippen molar-refractivity contribution in [2.24, 2.45) is 5.73 Å². The van der Waals surface area contributed by atoms with Gasteiger partial charge >= 0.3 is 0 Å². The normalized spacial score (nSPS) is 10.3. The molecule has 0 atom stereocenters. The van der Waals surface area contributed by atoms with Crippen molar-refractivity contribution in [3.05, 3.63) is 47.5 Å². The molecule has 0 radical (unpaired) electrons. The van der Waals surface area contributed by atoms with Crippen molar-refractivity contribution >= 4 is 0 Å². The molecule has 0 aliphatic heterocycles. The molecular weight excluding hydrogens is 214 g/mol. The lowest BCUT2D eigenvalue weighted by molar-refractivity contribution is 0.472. The molecule has 4 nitrogen and oxygen atoms in total. The Balaban J connectivity index is 2.28. The summed E-state index contributed by atoms with van der Waals surface area (Å²) < 4.78 is 5.75. The van der Waals surface area contributed by atoms with Gasteiger partial charge in [0.05, 0.1) is 6.20 Å². The average Bonchev–Trinajstić information content (AvgIpc) is 2.32. The van der Waals surface area contributed by atoms with Crippen molar-refractivity contribution in [1.82, 2.24) is 9.97 Å². The van der Waals surface area contributed by atoms with Crippen LogP contribution in [0.4, 0.5) is 0 Å². The van der Waals surface area contributed by atoms with Gasteiger partial charge in [-0.2, -0.15) is 0 Å². The van der Waals surface area contributed by atoms with E-state index in [0.29, 0.717) is 12.3 Å². The highest BCUT2D eigenvalue weighted by atomic mass is 16.5. The Bertz CT molecular complexity index is 509. The molecule has 88 valence electrons. The predicted molar refractivity (Wildman–Crippen MR) is 65.9 cm³/mol. The molecule has 0 fully saturated rings. The van der Waals surface area contributed by atoms with Crippen LogP contribution in [0.5, 0.6) is 11.5 Å². The number of nitrogens with zero attached hydrogens (tertiary/aromatic N) is 2. The molecule has 4 heteroatoms. The van der Waals surface area contributed by atoms with Gasteiger partial charge in [0.2, 0.25) is 0 Å². The minimum Gasteiger partial charge on any atom is -0.455 e. The maximum atomic E-state index is 5.75. The third-order valence-corrected chi connectivity index (χ3v) is 2.41. The standard InChI is InChI=1S/C13H15N3O/c1-9-3-4-12(8-16-9)17-13-5-10(2)15-7-11(13)6-14/h3-5,7-8H,6,14H2,1-2H3. The van der Waals surface area contributed by atoms with Gasteiger partial charge in [0, 0.05) is 35.8 Å². The number of pyridine rings is 2. The second-order valence-corrected chi connectivity index (χ2v) is 3.87. The van der Waals surface area contributed by atoms with Crippen LogP contribution in [0.15, 0.2) is 30.6 Å². The second-order valence-electron chi connectivity index (χ2n) is 3.87. The van der Waals surface area contributed by atoms with Crippen molar-refractivity contribution in [3.8, 4) is 11.5 Å². The lowest BCUT2D eigenvalue weighted by atomic mass is 10.2. The summed E-state index contributed by atoms with van der Waals surface area (Å²) in [4.78, 5) is 8.37. The number of ether oxygens (including phenoxy) is 1. The Morgan fingerprint density at radius 1 is 1.12 bits per heavy atom. The van der Waals surface area contributed by atoms with Crippen molar-refractivity contribution in [1.29, 1.82) is 0 Å². The molecular formula is C13H15N3O. The first-order chi connectivity index (χ1) is 8.19. The van der Waals surface area contributed by atoms with Gasteiger partial charge in [-0.3, -0.25) is 9.97 Å². The minimum absolute atomic E-state index is 0.405. The molecule has 0 aliphatic carbocycles. The number of aromatic nitrogens is 2. The summed E-state index contributed by atoms with van der Waals surface area (Å²) in [5.74, 6) is 1.45. The van der Waals surface area contributed by atoms with E-state index >= 15 is 0 Å². The van der Waals surface area contributed by atoms with Gasteiger partial charge in [-0.15, -0.1) is 0 Å². The van der Waals surface area contributed by atoms with E-state index < -0.39 is 0 Å². The smallest absolute Gasteiger partial charge is 0.145 e. The molecule has 0 amide bonds. The maximum absolute atomic E-state index is 5.75. The highest BCUT2D eigenvalue weighted by Gasteiger charge is 2.05. The van der Waals surface area contributed by atoms with E-state index in [1.807, 2.05) is 32.0 Å². The van der Waals surface area contributed by atoms with Crippen molar-refractivity contribution < 1.29 is 4.74 Å². The highest BCUT2D eigenvalue weighted by Crippen LogP contribution is 2.24. The molecule has 2 aromatic rings. The van der Waals surface area contributed by atoms with Crippen LogP contribution in [-0.4, -0.2) is 9.97 Å². The van der Waals surface area contributed by atoms with Crippen molar-refractivity contribution in [3.63, 3.8) is 0 Å². The zero-order valence-electron chi connectivity index (χ0n) is 9.97. The average molecular weight is 229 g/mol. The van der Waals surface area contributed by atoms with E-state index in [1.54, 1.807) is 12.4 Å². The number of nitrogens with two attached hydrogens (primary N) is 1. The van der Waals surface area contributed by atoms with Crippen LogP contribution < -0.4 is 10.5 Å². The summed E-state index contributed by atoms with van der Waals surface area (Å²) in [6.07, 6.45) is 3.44. The maximum Gasteiger partial charge on any atom is 0.145 e. The number of hydrogen-bond donors (Lipinski definition) is 1. The summed E-state index contributed by atoms with van der Waals surface area (Å²) in [6.45, 7) is 4.26. The topological polar surface area (TPSA) is 61.0 Å². The molecule has 0 saturated carbocycles. The first kappa shape index (κ1) is 11.5. The predicted octanol–water partition coefficient (Wildman–Crippen LogP) is 2.34. The molecule has 2 aromatic heterocycles. The fraction of sp³-hybridized carbons (Fsp3) is 0.231. The molecule has 2 N–H and O–H groups in total. The Morgan fingerprint density at radius 3 is 2.53 bits per heavy atom. The molecule has 0 unspecified atom stereocenters. The van der Waals surface area contributed by atoms with Crippen LogP contribution >= 0.6 is 0 Å².